The van der Waals surface area contributed by atoms with E-state index in [-0.39, 0.29) is 97.0 Å². The summed E-state index contributed by atoms with van der Waals surface area (Å²) in [5.41, 5.74) is 1.52. The highest BCUT2D eigenvalue weighted by Gasteiger charge is 2.45. The molecule has 2 saturated heterocycles. The Labute approximate surface area is 434 Å². The summed E-state index contributed by atoms with van der Waals surface area (Å²) in [6, 6.07) is 5.91. The zero-order valence-electron chi connectivity index (χ0n) is 45.4. The highest BCUT2D eigenvalue weighted by atomic mass is 32.2. The number of hydrogen-bond donors (Lipinski definition) is 2. The van der Waals surface area contributed by atoms with Crippen LogP contribution in [0.3, 0.4) is 0 Å². The second kappa shape index (κ2) is 29.9. The lowest BCUT2D eigenvalue weighted by Gasteiger charge is -2.41. The first kappa shape index (κ1) is 61.7. The van der Waals surface area contributed by atoms with Crippen LogP contribution >= 0.6 is 11.8 Å². The molecule has 0 bridgehead atoms. The minimum atomic E-state index is -1.18. The van der Waals surface area contributed by atoms with E-state index in [4.69, 9.17) is 9.47 Å². The Hall–Kier alpha value is -4.61. The minimum Gasteiger partial charge on any atom is -0.480 e. The summed E-state index contributed by atoms with van der Waals surface area (Å²) in [5, 5.41) is 12.3. The Morgan fingerprint density at radius 1 is 0.875 bits per heavy atom. The largest absolute Gasteiger partial charge is 0.480 e. The third kappa shape index (κ3) is 17.0. The van der Waals surface area contributed by atoms with Crippen LogP contribution in [0.15, 0.2) is 42.5 Å². The summed E-state index contributed by atoms with van der Waals surface area (Å²) in [7, 11) is 6.29. The van der Waals surface area contributed by atoms with E-state index in [0.717, 1.165) is 29.7 Å². The van der Waals surface area contributed by atoms with Crippen LogP contribution in [0.2, 0.25) is 0 Å². The number of likely N-dealkylation sites (N-methyl/N-ethyl adjacent to an activating group) is 2. The second-order valence-electron chi connectivity index (χ2n) is 20.8. The molecule has 16 nitrogen and oxygen atoms in total. The summed E-state index contributed by atoms with van der Waals surface area (Å²) >= 11 is 1.55. The topological polar surface area (TPSA) is 200 Å². The molecule has 0 aliphatic carbocycles. The third-order valence-corrected chi connectivity index (χ3v) is 16.1. The molecular weight excluding hydrogens is 939 g/mol. The molecule has 0 saturated carbocycles. The van der Waals surface area contributed by atoms with Crippen LogP contribution in [-0.4, -0.2) is 161 Å². The fraction of sp³-hybridized carbons (Fsp3) is 0.709. The van der Waals surface area contributed by atoms with Crippen molar-refractivity contribution in [2.24, 2.45) is 29.6 Å². The molecular formula is C55H87N5O11S. The number of likely N-dealkylation sites (tertiary alicyclic amines) is 2. The number of ether oxygens (including phenoxy) is 2. The number of amides is 6. The average Bonchev–Trinajstić information content (AvgIpc) is 3.86. The molecule has 72 heavy (non-hydrogen) atoms. The lowest BCUT2D eigenvalue weighted by Crippen LogP contribution is -2.55. The van der Waals surface area contributed by atoms with Gasteiger partial charge in [-0.2, -0.15) is 0 Å². The van der Waals surface area contributed by atoms with Gasteiger partial charge in [0, 0.05) is 73.0 Å². The van der Waals surface area contributed by atoms with E-state index in [1.165, 1.54) is 24.0 Å². The zero-order chi connectivity index (χ0) is 54.0. The highest BCUT2D eigenvalue weighted by molar-refractivity contribution is 8.00. The number of methoxy groups -OCH3 is 2. The Kier molecular flexibility index (Phi) is 25.6. The predicted octanol–water partition coefficient (Wildman–Crippen LogP) is 6.82. The number of unbranched alkanes of at least 4 members (excludes halogenated alkanes) is 3. The van der Waals surface area contributed by atoms with E-state index in [0.29, 0.717) is 38.6 Å². The molecule has 2 heterocycles. The number of carboxylic acid groups (broad SMARTS) is 1. The van der Waals surface area contributed by atoms with Crippen molar-refractivity contribution in [2.45, 2.75) is 174 Å². The zero-order valence-corrected chi connectivity index (χ0v) is 46.2. The van der Waals surface area contributed by atoms with Crippen molar-refractivity contribution in [3.63, 3.8) is 0 Å². The summed E-state index contributed by atoms with van der Waals surface area (Å²) in [6.45, 7) is 20.0. The van der Waals surface area contributed by atoms with Crippen LogP contribution in [0.5, 0.6) is 0 Å². The van der Waals surface area contributed by atoms with Gasteiger partial charge in [-0.05, 0) is 54.8 Å². The van der Waals surface area contributed by atoms with Gasteiger partial charge < -0.3 is 34.6 Å². The maximum Gasteiger partial charge on any atom is 0.326 e. The van der Waals surface area contributed by atoms with E-state index in [1.54, 1.807) is 66.8 Å². The van der Waals surface area contributed by atoms with E-state index >= 15 is 0 Å². The molecule has 0 aromatic heterocycles. The average molecular weight is 1030 g/mol. The fourth-order valence-electron chi connectivity index (χ4n) is 10.3. The summed E-state index contributed by atoms with van der Waals surface area (Å²) in [6.07, 6.45) is 3.57. The van der Waals surface area contributed by atoms with Crippen molar-refractivity contribution in [3.05, 3.63) is 48.0 Å². The van der Waals surface area contributed by atoms with E-state index in [1.807, 2.05) is 47.6 Å². The number of carbonyl (C=O) groups is 8. The van der Waals surface area contributed by atoms with Crippen molar-refractivity contribution in [1.29, 1.82) is 0 Å². The molecule has 3 rings (SSSR count). The summed E-state index contributed by atoms with van der Waals surface area (Å²) < 4.78 is 12.0. The van der Waals surface area contributed by atoms with E-state index in [2.05, 4.69) is 18.8 Å². The normalized spacial score (nSPS) is 19.4. The lowest BCUT2D eigenvalue weighted by molar-refractivity contribution is -0.150. The first-order valence-corrected chi connectivity index (χ1v) is 27.2. The van der Waals surface area contributed by atoms with Gasteiger partial charge in [-0.25, -0.2) is 4.79 Å². The summed E-state index contributed by atoms with van der Waals surface area (Å²) in [5.74, 6) is -4.27. The van der Waals surface area contributed by atoms with Crippen molar-refractivity contribution in [2.75, 3.05) is 47.2 Å². The molecule has 0 radical (unpaired) electrons. The molecule has 0 spiro atoms. The van der Waals surface area contributed by atoms with Crippen LogP contribution < -0.4 is 5.32 Å². The molecule has 2 aliphatic heterocycles. The molecule has 17 heteroatoms. The number of benzene rings is 1. The molecule has 2 N–H and O–H groups in total. The Morgan fingerprint density at radius 3 is 2.11 bits per heavy atom. The van der Waals surface area contributed by atoms with Gasteiger partial charge in [-0.15, -0.1) is 11.8 Å². The van der Waals surface area contributed by atoms with Crippen LogP contribution in [-0.2, 0) is 54.3 Å². The minimum absolute atomic E-state index is 0.0902. The number of nitrogens with zero attached hydrogens (tertiary/aromatic N) is 4. The number of carboxylic acids is 1. The van der Waals surface area contributed by atoms with E-state index < -0.39 is 60.1 Å². The van der Waals surface area contributed by atoms with Crippen LogP contribution in [0, 0.1) is 29.6 Å². The number of ketones is 1. The smallest absolute Gasteiger partial charge is 0.326 e. The number of nitrogens with one attached hydrogen (secondary N) is 1. The molecule has 1 aromatic carbocycles. The van der Waals surface area contributed by atoms with Gasteiger partial charge >= 0.3 is 5.97 Å². The number of aliphatic carboxylic acids is 1. The van der Waals surface area contributed by atoms with Crippen molar-refractivity contribution in [1.82, 2.24) is 24.9 Å². The summed E-state index contributed by atoms with van der Waals surface area (Å²) in [4.78, 5) is 115. The maximum absolute atomic E-state index is 14.7. The van der Waals surface area contributed by atoms with Gasteiger partial charge in [-0.3, -0.25) is 38.5 Å². The molecule has 2 fully saturated rings. The SMILES string of the molecule is C=C1C[C@@H]([C@H](OC)[C@@H](C)C(=O)N[C@@H](Cc2ccccc2)C(=O)O)N(C(=O)C[C@@H](OC)[C@H]([C@@H](C)CC)N(C)C(=O)[C@@H](CC(=O)[C@H](C(C)C)N(C)C(=O)CCCCCN2C(=O)CC(SCCCC)C2=O)C(C)C)C1. The second-order valence-corrected chi connectivity index (χ2v) is 22.1. The first-order valence-electron chi connectivity index (χ1n) is 26.1. The lowest BCUT2D eigenvalue weighted by atomic mass is 9.83. The Morgan fingerprint density at radius 2 is 1.54 bits per heavy atom. The number of hydrogen-bond acceptors (Lipinski definition) is 11. The maximum atomic E-state index is 14.7. The van der Waals surface area contributed by atoms with E-state index in [9.17, 15) is 43.5 Å². The number of thioether (sulfide) groups is 1. The van der Waals surface area contributed by atoms with Crippen LogP contribution in [0.25, 0.3) is 0 Å². The Balaban J connectivity index is 1.70. The van der Waals surface area contributed by atoms with Crippen molar-refractivity contribution in [3.8, 4) is 0 Å². The quantitative estimate of drug-likeness (QED) is 0.0434. The van der Waals surface area contributed by atoms with Gasteiger partial charge in [0.05, 0.1) is 47.9 Å². The predicted molar refractivity (Wildman–Crippen MR) is 281 cm³/mol. The first-order chi connectivity index (χ1) is 34.0. The van der Waals surface area contributed by atoms with Gasteiger partial charge in [-0.1, -0.05) is 117 Å². The molecule has 10 atom stereocenters. The fourth-order valence-corrected chi connectivity index (χ4v) is 11.6. The molecule has 1 aromatic rings. The molecule has 404 valence electrons. The standard InChI is InChI=1S/C55H87N5O11S/c1-14-16-27-72-45-32-48(64)59(54(45)67)26-22-18-21-25-46(62)57(10)49(35(5)6)43(61)30-40(34(3)4)53(66)58(11)50(37(8)15-2)44(70-12)31-47(63)60-33-36(7)28-42(60)51(71-13)38(9)52(65)56-41(55(68)69)29-39-23-19-17-20-24-39/h17,19-20,23-24,34-35,37-38,40-42,44-45,49-51H,7,14-16,18,21-22,25-33H2,1-6,8-13H3,(H,56,65)(H,68,69)/t37-,38+,40-,41-,42-,44+,45?,49-,50-,51+/m0/s1. The van der Waals surface area contributed by atoms with Gasteiger partial charge in [0.25, 0.3) is 0 Å². The number of rotatable bonds is 32. The molecule has 2 aliphatic rings. The monoisotopic (exact) mass is 1030 g/mol. The van der Waals surface area contributed by atoms with Crippen molar-refractivity contribution < 1.29 is 52.9 Å². The Bertz CT molecular complexity index is 2000. The molecule has 6 amide bonds. The van der Waals surface area contributed by atoms with Crippen LogP contribution in [0.1, 0.15) is 132 Å². The van der Waals surface area contributed by atoms with Gasteiger partial charge in [0.15, 0.2) is 5.78 Å². The third-order valence-electron chi connectivity index (χ3n) is 14.8. The molecule has 1 unspecified atom stereocenters. The van der Waals surface area contributed by atoms with Gasteiger partial charge in [0.2, 0.25) is 35.4 Å². The highest BCUT2D eigenvalue weighted by Crippen LogP contribution is 2.33. The number of carbonyl (C=O) groups excluding carboxylic acids is 7. The van der Waals surface area contributed by atoms with Crippen molar-refractivity contribution >= 4 is 59.0 Å². The van der Waals surface area contributed by atoms with Crippen LogP contribution in [0.4, 0.5) is 0 Å². The number of imide groups is 1. The van der Waals surface area contributed by atoms with Gasteiger partial charge in [0.1, 0.15) is 6.04 Å². The number of Topliss-reactive ketones (excluding diaryl/α,β-unsaturated/α-hetero) is 1.